The summed E-state index contributed by atoms with van der Waals surface area (Å²) in [5, 5.41) is 0. The average Bonchev–Trinajstić information content (AvgIpc) is 2.39. The van der Waals surface area contributed by atoms with Crippen molar-refractivity contribution in [2.45, 2.75) is 25.3 Å². The van der Waals surface area contributed by atoms with Gasteiger partial charge in [0.15, 0.2) is 0 Å². The monoisotopic (exact) mass is 218 g/mol. The Labute approximate surface area is 96.2 Å². The summed E-state index contributed by atoms with van der Waals surface area (Å²) >= 11 is 0. The summed E-state index contributed by atoms with van der Waals surface area (Å²) in [4.78, 5) is 13.7. The molecule has 1 aliphatic rings. The minimum absolute atomic E-state index is 0.0635. The SMILES string of the molecule is NCC(=O)N1CCCCC1c1ccccc1. The van der Waals surface area contributed by atoms with Crippen LogP contribution in [0, 0.1) is 0 Å². The molecule has 1 fully saturated rings. The topological polar surface area (TPSA) is 46.3 Å². The average molecular weight is 218 g/mol. The molecule has 1 unspecified atom stereocenters. The molecule has 3 heteroatoms. The van der Waals surface area contributed by atoms with E-state index in [1.807, 2.05) is 23.1 Å². The van der Waals surface area contributed by atoms with Gasteiger partial charge in [-0.1, -0.05) is 30.3 Å². The fourth-order valence-electron chi connectivity index (χ4n) is 2.37. The van der Waals surface area contributed by atoms with Gasteiger partial charge in [-0.15, -0.1) is 0 Å². The van der Waals surface area contributed by atoms with Gasteiger partial charge in [-0.05, 0) is 24.8 Å². The van der Waals surface area contributed by atoms with Gasteiger partial charge >= 0.3 is 0 Å². The van der Waals surface area contributed by atoms with Gasteiger partial charge in [0, 0.05) is 6.54 Å². The number of carbonyl (C=O) groups is 1. The van der Waals surface area contributed by atoms with Gasteiger partial charge in [-0.25, -0.2) is 0 Å². The lowest BCUT2D eigenvalue weighted by molar-refractivity contribution is -0.133. The Balaban J connectivity index is 2.20. The third-order valence-electron chi connectivity index (χ3n) is 3.18. The first kappa shape index (κ1) is 11.1. The van der Waals surface area contributed by atoms with Crippen molar-refractivity contribution in [3.63, 3.8) is 0 Å². The molecule has 86 valence electrons. The van der Waals surface area contributed by atoms with Crippen molar-refractivity contribution in [2.75, 3.05) is 13.1 Å². The Hall–Kier alpha value is -1.35. The summed E-state index contributed by atoms with van der Waals surface area (Å²) < 4.78 is 0. The zero-order valence-electron chi connectivity index (χ0n) is 9.43. The number of amides is 1. The van der Waals surface area contributed by atoms with E-state index in [0.29, 0.717) is 0 Å². The second-order valence-electron chi connectivity index (χ2n) is 4.21. The number of nitrogens with two attached hydrogens (primary N) is 1. The number of likely N-dealkylation sites (tertiary alicyclic amines) is 1. The van der Waals surface area contributed by atoms with Crippen LogP contribution in [-0.2, 0) is 4.79 Å². The summed E-state index contributed by atoms with van der Waals surface area (Å²) in [7, 11) is 0. The molecule has 1 amide bonds. The van der Waals surface area contributed by atoms with Crippen LogP contribution in [0.25, 0.3) is 0 Å². The van der Waals surface area contributed by atoms with Crippen LogP contribution in [0.3, 0.4) is 0 Å². The van der Waals surface area contributed by atoms with Gasteiger partial charge in [0.25, 0.3) is 0 Å². The Morgan fingerprint density at radius 1 is 1.31 bits per heavy atom. The Morgan fingerprint density at radius 3 is 2.75 bits per heavy atom. The second-order valence-corrected chi connectivity index (χ2v) is 4.21. The van der Waals surface area contributed by atoms with Gasteiger partial charge in [0.05, 0.1) is 12.6 Å². The van der Waals surface area contributed by atoms with Crippen molar-refractivity contribution >= 4 is 5.91 Å². The third-order valence-corrected chi connectivity index (χ3v) is 3.18. The molecule has 0 saturated carbocycles. The second kappa shape index (κ2) is 5.12. The minimum Gasteiger partial charge on any atom is -0.335 e. The zero-order chi connectivity index (χ0) is 11.4. The number of nitrogens with zero attached hydrogens (tertiary/aromatic N) is 1. The minimum atomic E-state index is 0.0635. The van der Waals surface area contributed by atoms with Crippen molar-refractivity contribution in [2.24, 2.45) is 5.73 Å². The van der Waals surface area contributed by atoms with Gasteiger partial charge in [-0.2, -0.15) is 0 Å². The standard InChI is InChI=1S/C13H18N2O/c14-10-13(16)15-9-5-4-8-12(15)11-6-2-1-3-7-11/h1-3,6-7,12H,4-5,8-10,14H2. The first-order valence-corrected chi connectivity index (χ1v) is 5.87. The highest BCUT2D eigenvalue weighted by molar-refractivity contribution is 5.78. The molecule has 0 radical (unpaired) electrons. The highest BCUT2D eigenvalue weighted by Crippen LogP contribution is 2.30. The van der Waals surface area contributed by atoms with Crippen molar-refractivity contribution in [3.05, 3.63) is 35.9 Å². The number of carbonyl (C=O) groups excluding carboxylic acids is 1. The van der Waals surface area contributed by atoms with Crippen LogP contribution in [0.15, 0.2) is 30.3 Å². The van der Waals surface area contributed by atoms with Crippen LogP contribution in [-0.4, -0.2) is 23.9 Å². The van der Waals surface area contributed by atoms with Crippen LogP contribution in [0.2, 0.25) is 0 Å². The third kappa shape index (κ3) is 2.25. The lowest BCUT2D eigenvalue weighted by Gasteiger charge is -2.36. The van der Waals surface area contributed by atoms with Gasteiger partial charge in [-0.3, -0.25) is 4.79 Å². The Kier molecular flexibility index (Phi) is 3.57. The van der Waals surface area contributed by atoms with E-state index in [0.717, 1.165) is 19.4 Å². The molecule has 1 atom stereocenters. The van der Waals surface area contributed by atoms with E-state index in [2.05, 4.69) is 12.1 Å². The molecular formula is C13H18N2O. The molecule has 1 aromatic rings. The number of hydrogen-bond donors (Lipinski definition) is 1. The normalized spacial score (nSPS) is 20.8. The summed E-state index contributed by atoms with van der Waals surface area (Å²) in [6.45, 7) is 0.957. The summed E-state index contributed by atoms with van der Waals surface area (Å²) in [6, 6.07) is 10.5. The van der Waals surface area contributed by atoms with Crippen molar-refractivity contribution in [3.8, 4) is 0 Å². The van der Waals surface area contributed by atoms with Crippen LogP contribution >= 0.6 is 0 Å². The predicted octanol–water partition coefficient (Wildman–Crippen LogP) is 1.70. The number of rotatable bonds is 2. The molecule has 1 aromatic carbocycles. The summed E-state index contributed by atoms with van der Waals surface area (Å²) in [5.74, 6) is 0.0635. The highest BCUT2D eigenvalue weighted by Gasteiger charge is 2.26. The number of piperidine rings is 1. The molecule has 16 heavy (non-hydrogen) atoms. The van der Waals surface area contributed by atoms with E-state index in [-0.39, 0.29) is 18.5 Å². The van der Waals surface area contributed by atoms with E-state index in [1.54, 1.807) is 0 Å². The van der Waals surface area contributed by atoms with E-state index in [1.165, 1.54) is 12.0 Å². The molecule has 1 saturated heterocycles. The fraction of sp³-hybridized carbons (Fsp3) is 0.462. The van der Waals surface area contributed by atoms with Crippen LogP contribution < -0.4 is 5.73 Å². The van der Waals surface area contributed by atoms with E-state index >= 15 is 0 Å². The fourth-order valence-corrected chi connectivity index (χ4v) is 2.37. The van der Waals surface area contributed by atoms with Crippen molar-refractivity contribution in [1.82, 2.24) is 4.90 Å². The highest BCUT2D eigenvalue weighted by atomic mass is 16.2. The molecule has 2 rings (SSSR count). The first-order chi connectivity index (χ1) is 7.83. The molecule has 1 aliphatic heterocycles. The first-order valence-electron chi connectivity index (χ1n) is 5.87. The van der Waals surface area contributed by atoms with E-state index in [9.17, 15) is 4.79 Å². The molecule has 0 bridgehead atoms. The van der Waals surface area contributed by atoms with E-state index < -0.39 is 0 Å². The van der Waals surface area contributed by atoms with Crippen LogP contribution in [0.1, 0.15) is 30.9 Å². The van der Waals surface area contributed by atoms with Crippen LogP contribution in [0.4, 0.5) is 0 Å². The quantitative estimate of drug-likeness (QED) is 0.821. The lowest BCUT2D eigenvalue weighted by Crippen LogP contribution is -2.41. The molecule has 3 nitrogen and oxygen atoms in total. The molecule has 0 aromatic heterocycles. The predicted molar refractivity (Wildman–Crippen MR) is 63.8 cm³/mol. The largest absolute Gasteiger partial charge is 0.335 e. The Bertz CT molecular complexity index is 350. The summed E-state index contributed by atoms with van der Waals surface area (Å²) in [6.07, 6.45) is 3.33. The van der Waals surface area contributed by atoms with E-state index in [4.69, 9.17) is 5.73 Å². The van der Waals surface area contributed by atoms with Gasteiger partial charge in [0.1, 0.15) is 0 Å². The Morgan fingerprint density at radius 2 is 2.06 bits per heavy atom. The van der Waals surface area contributed by atoms with Gasteiger partial charge < -0.3 is 10.6 Å². The lowest BCUT2D eigenvalue weighted by atomic mass is 9.95. The molecule has 2 N–H and O–H groups in total. The molecule has 0 aliphatic carbocycles. The molecule has 0 spiro atoms. The van der Waals surface area contributed by atoms with Gasteiger partial charge in [0.2, 0.25) is 5.91 Å². The zero-order valence-corrected chi connectivity index (χ0v) is 9.43. The maximum atomic E-state index is 11.8. The van der Waals surface area contributed by atoms with Crippen LogP contribution in [0.5, 0.6) is 0 Å². The maximum absolute atomic E-state index is 11.8. The smallest absolute Gasteiger partial charge is 0.236 e. The van der Waals surface area contributed by atoms with Crippen molar-refractivity contribution < 1.29 is 4.79 Å². The van der Waals surface area contributed by atoms with Crippen molar-refractivity contribution in [1.29, 1.82) is 0 Å². The molecule has 1 heterocycles. The maximum Gasteiger partial charge on any atom is 0.236 e. The molecular weight excluding hydrogens is 200 g/mol. The number of benzene rings is 1. The number of hydrogen-bond acceptors (Lipinski definition) is 2. The summed E-state index contributed by atoms with van der Waals surface area (Å²) in [5.41, 5.74) is 6.68.